The Bertz CT molecular complexity index is 409. The van der Waals surface area contributed by atoms with Crippen molar-refractivity contribution >= 4 is 23.5 Å². The first-order chi connectivity index (χ1) is 8.19. The van der Waals surface area contributed by atoms with E-state index in [1.165, 1.54) is 0 Å². The lowest BCUT2D eigenvalue weighted by atomic mass is 10.1. The lowest BCUT2D eigenvalue weighted by Crippen LogP contribution is -2.47. The molecule has 0 aromatic heterocycles. The highest BCUT2D eigenvalue weighted by Crippen LogP contribution is 2.09. The van der Waals surface area contributed by atoms with Gasteiger partial charge in [-0.25, -0.2) is 9.80 Å². The Morgan fingerprint density at radius 3 is 2.50 bits per heavy atom. The largest absolute Gasteiger partial charge is 0.477 e. The van der Waals surface area contributed by atoms with Crippen LogP contribution in [0, 0.1) is 0 Å². The van der Waals surface area contributed by atoms with Crippen LogP contribution in [0.25, 0.3) is 0 Å². The second-order valence-electron chi connectivity index (χ2n) is 5.10. The molecule has 0 aromatic rings. The van der Waals surface area contributed by atoms with Gasteiger partial charge in [-0.1, -0.05) is 0 Å². The molecule has 0 aliphatic carbocycles. The fraction of sp³-hybridized carbons (Fsp3) is 0.636. The van der Waals surface area contributed by atoms with Crippen molar-refractivity contribution in [1.29, 1.82) is 0 Å². The van der Waals surface area contributed by atoms with Crippen LogP contribution in [0.5, 0.6) is 0 Å². The van der Waals surface area contributed by atoms with Gasteiger partial charge in [-0.3, -0.25) is 9.59 Å². The molecule has 0 radical (unpaired) electrons. The van der Waals surface area contributed by atoms with E-state index in [1.54, 1.807) is 0 Å². The van der Waals surface area contributed by atoms with Gasteiger partial charge in [-0.15, -0.1) is 0 Å². The zero-order chi connectivity index (χ0) is 13.9. The standard InChI is InChI=1S/C11H17N3O4/c1-11(2,3)12-8(15)6-14-9(16)5-4-7(13-14)10(17)18/h4-6H2,1-3H3,(H,12,15)(H,17,18). The van der Waals surface area contributed by atoms with Crippen LogP contribution in [0.15, 0.2) is 5.10 Å². The van der Waals surface area contributed by atoms with Crippen molar-refractivity contribution in [2.45, 2.75) is 39.2 Å². The molecule has 1 aliphatic rings. The number of carbonyl (C=O) groups is 3. The normalized spacial score (nSPS) is 16.3. The molecule has 0 fully saturated rings. The van der Waals surface area contributed by atoms with Gasteiger partial charge in [0.2, 0.25) is 11.8 Å². The maximum atomic E-state index is 11.6. The highest BCUT2D eigenvalue weighted by atomic mass is 16.4. The molecule has 0 saturated heterocycles. The fourth-order valence-electron chi connectivity index (χ4n) is 1.47. The highest BCUT2D eigenvalue weighted by Gasteiger charge is 2.26. The third kappa shape index (κ3) is 4.15. The van der Waals surface area contributed by atoms with Crippen molar-refractivity contribution in [3.05, 3.63) is 0 Å². The summed E-state index contributed by atoms with van der Waals surface area (Å²) in [6.45, 7) is 5.19. The fourth-order valence-corrected chi connectivity index (χ4v) is 1.47. The summed E-state index contributed by atoms with van der Waals surface area (Å²) in [5, 5.41) is 16.1. The van der Waals surface area contributed by atoms with Crippen LogP contribution in [0.1, 0.15) is 33.6 Å². The number of amides is 2. The van der Waals surface area contributed by atoms with E-state index in [-0.39, 0.29) is 36.9 Å². The van der Waals surface area contributed by atoms with Gasteiger partial charge in [0.25, 0.3) is 0 Å². The van der Waals surface area contributed by atoms with E-state index in [0.29, 0.717) is 0 Å². The predicted molar refractivity (Wildman–Crippen MR) is 63.9 cm³/mol. The van der Waals surface area contributed by atoms with Gasteiger partial charge in [-0.2, -0.15) is 5.10 Å². The van der Waals surface area contributed by atoms with Crippen LogP contribution in [0.4, 0.5) is 0 Å². The molecule has 0 saturated carbocycles. The minimum Gasteiger partial charge on any atom is -0.477 e. The molecule has 1 aliphatic heterocycles. The van der Waals surface area contributed by atoms with E-state index in [2.05, 4.69) is 10.4 Å². The number of carboxylic acids is 1. The molecular weight excluding hydrogens is 238 g/mol. The molecule has 7 heteroatoms. The molecule has 7 nitrogen and oxygen atoms in total. The SMILES string of the molecule is CC(C)(C)NC(=O)CN1N=C(C(=O)O)CCC1=O. The van der Waals surface area contributed by atoms with Crippen LogP contribution in [0.2, 0.25) is 0 Å². The van der Waals surface area contributed by atoms with Crippen molar-refractivity contribution < 1.29 is 19.5 Å². The number of carboxylic acid groups (broad SMARTS) is 1. The van der Waals surface area contributed by atoms with Gasteiger partial charge in [0.1, 0.15) is 12.3 Å². The van der Waals surface area contributed by atoms with Crippen molar-refractivity contribution in [3.8, 4) is 0 Å². The third-order valence-corrected chi connectivity index (χ3v) is 2.16. The second kappa shape index (κ2) is 5.16. The molecule has 0 bridgehead atoms. The molecule has 0 unspecified atom stereocenters. The second-order valence-corrected chi connectivity index (χ2v) is 5.10. The summed E-state index contributed by atoms with van der Waals surface area (Å²) in [5.74, 6) is -1.88. The van der Waals surface area contributed by atoms with Crippen LogP contribution in [0.3, 0.4) is 0 Å². The summed E-state index contributed by atoms with van der Waals surface area (Å²) in [4.78, 5) is 33.9. The Kier molecular flexibility index (Phi) is 4.05. The predicted octanol–water partition coefficient (Wildman–Crippen LogP) is -0.0359. The van der Waals surface area contributed by atoms with Gasteiger partial charge in [0, 0.05) is 18.4 Å². The summed E-state index contributed by atoms with van der Waals surface area (Å²) in [6, 6.07) is 0. The average molecular weight is 255 g/mol. The molecule has 2 N–H and O–H groups in total. The van der Waals surface area contributed by atoms with Gasteiger partial charge in [0.05, 0.1) is 0 Å². The number of aliphatic carboxylic acids is 1. The summed E-state index contributed by atoms with van der Waals surface area (Å²) < 4.78 is 0. The quantitative estimate of drug-likeness (QED) is 0.739. The molecular formula is C11H17N3O4. The smallest absolute Gasteiger partial charge is 0.352 e. The molecule has 18 heavy (non-hydrogen) atoms. The third-order valence-electron chi connectivity index (χ3n) is 2.16. The molecule has 1 rings (SSSR count). The maximum absolute atomic E-state index is 11.6. The number of carbonyl (C=O) groups excluding carboxylic acids is 2. The van der Waals surface area contributed by atoms with Crippen molar-refractivity contribution in [2.75, 3.05) is 6.54 Å². The van der Waals surface area contributed by atoms with E-state index in [4.69, 9.17) is 5.11 Å². The number of hydrogen-bond acceptors (Lipinski definition) is 4. The van der Waals surface area contributed by atoms with Gasteiger partial charge >= 0.3 is 5.97 Å². The van der Waals surface area contributed by atoms with Crippen LogP contribution in [-0.4, -0.2) is 45.7 Å². The molecule has 0 aromatic carbocycles. The van der Waals surface area contributed by atoms with E-state index in [9.17, 15) is 14.4 Å². The summed E-state index contributed by atoms with van der Waals surface area (Å²) >= 11 is 0. The Balaban J connectivity index is 2.70. The number of rotatable bonds is 3. The summed E-state index contributed by atoms with van der Waals surface area (Å²) in [5.41, 5.74) is -0.506. The van der Waals surface area contributed by atoms with Crippen LogP contribution < -0.4 is 5.32 Å². The van der Waals surface area contributed by atoms with Crippen LogP contribution in [-0.2, 0) is 14.4 Å². The van der Waals surface area contributed by atoms with E-state index < -0.39 is 11.5 Å². The number of nitrogens with one attached hydrogen (secondary N) is 1. The first kappa shape index (κ1) is 14.1. The summed E-state index contributed by atoms with van der Waals surface area (Å²) in [7, 11) is 0. The minimum absolute atomic E-state index is 0.0634. The number of nitrogens with zero attached hydrogens (tertiary/aromatic N) is 2. The molecule has 1 heterocycles. The Hall–Kier alpha value is -1.92. The summed E-state index contributed by atoms with van der Waals surface area (Å²) in [6.07, 6.45) is 0.166. The Morgan fingerprint density at radius 2 is 2.00 bits per heavy atom. The van der Waals surface area contributed by atoms with Gasteiger partial charge < -0.3 is 10.4 Å². The maximum Gasteiger partial charge on any atom is 0.352 e. The van der Waals surface area contributed by atoms with Gasteiger partial charge in [0.15, 0.2) is 0 Å². The molecule has 0 spiro atoms. The first-order valence-electron chi connectivity index (χ1n) is 5.61. The van der Waals surface area contributed by atoms with Gasteiger partial charge in [-0.05, 0) is 20.8 Å². The lowest BCUT2D eigenvalue weighted by Gasteiger charge is -2.25. The number of hydrogen-bond donors (Lipinski definition) is 2. The molecule has 2 amide bonds. The number of hydrazone groups is 1. The van der Waals surface area contributed by atoms with Crippen LogP contribution >= 0.6 is 0 Å². The Labute approximate surface area is 105 Å². The lowest BCUT2D eigenvalue weighted by molar-refractivity contribution is -0.137. The van der Waals surface area contributed by atoms with E-state index in [1.807, 2.05) is 20.8 Å². The zero-order valence-electron chi connectivity index (χ0n) is 10.7. The minimum atomic E-state index is -1.16. The molecule has 100 valence electrons. The first-order valence-corrected chi connectivity index (χ1v) is 5.61. The van der Waals surface area contributed by atoms with E-state index in [0.717, 1.165) is 5.01 Å². The van der Waals surface area contributed by atoms with Crippen molar-refractivity contribution in [3.63, 3.8) is 0 Å². The monoisotopic (exact) mass is 255 g/mol. The topological polar surface area (TPSA) is 99.1 Å². The van der Waals surface area contributed by atoms with Crippen molar-refractivity contribution in [2.24, 2.45) is 5.10 Å². The van der Waals surface area contributed by atoms with E-state index >= 15 is 0 Å². The Morgan fingerprint density at radius 1 is 1.39 bits per heavy atom. The molecule has 0 atom stereocenters. The van der Waals surface area contributed by atoms with Crippen molar-refractivity contribution in [1.82, 2.24) is 10.3 Å². The average Bonchev–Trinajstić information content (AvgIpc) is 2.18. The highest BCUT2D eigenvalue weighted by molar-refractivity contribution is 6.36. The zero-order valence-corrected chi connectivity index (χ0v) is 10.7.